The standard InChI is InChI=1S/C20H14N4/c21-12-18(13-22)20(14-23)17-4-2-1-3-15(7-9-17)5-6-16-8-10-19(24)11-16/h1-2,4-11H,3,24H2/b2-1-,9-7-,15-5-,16-6-,17-4+. The summed E-state index contributed by atoms with van der Waals surface area (Å²) in [4.78, 5) is 0. The quantitative estimate of drug-likeness (QED) is 0.788. The maximum atomic E-state index is 9.25. The molecule has 2 aliphatic rings. The molecule has 0 unspecified atom stereocenters. The summed E-state index contributed by atoms with van der Waals surface area (Å²) in [6, 6.07) is 5.46. The highest BCUT2D eigenvalue weighted by atomic mass is 14.6. The summed E-state index contributed by atoms with van der Waals surface area (Å²) in [5, 5.41) is 27.2. The van der Waals surface area contributed by atoms with Crippen LogP contribution < -0.4 is 5.73 Å². The first-order chi connectivity index (χ1) is 11.7. The largest absolute Gasteiger partial charge is 0.399 e. The molecule has 0 bridgehead atoms. The molecule has 2 aliphatic carbocycles. The molecule has 0 aliphatic heterocycles. The van der Waals surface area contributed by atoms with Crippen LogP contribution in [-0.2, 0) is 0 Å². The minimum atomic E-state index is -0.188. The summed E-state index contributed by atoms with van der Waals surface area (Å²) >= 11 is 0. The molecule has 2 N–H and O–H groups in total. The molecular formula is C20H14N4. The molecule has 0 aromatic rings. The summed E-state index contributed by atoms with van der Waals surface area (Å²) in [7, 11) is 0. The number of nitrogens with zero attached hydrogens (tertiary/aromatic N) is 3. The van der Waals surface area contributed by atoms with Crippen molar-refractivity contribution in [3.63, 3.8) is 0 Å². The van der Waals surface area contributed by atoms with Crippen molar-refractivity contribution in [1.29, 1.82) is 15.8 Å². The van der Waals surface area contributed by atoms with E-state index in [2.05, 4.69) is 0 Å². The van der Waals surface area contributed by atoms with Crippen LogP contribution in [0.1, 0.15) is 6.42 Å². The Balaban J connectivity index is 2.34. The van der Waals surface area contributed by atoms with Gasteiger partial charge in [-0.05, 0) is 35.3 Å². The molecule has 0 saturated heterocycles. The van der Waals surface area contributed by atoms with Crippen LogP contribution >= 0.6 is 0 Å². The Hall–Kier alpha value is -3.81. The summed E-state index contributed by atoms with van der Waals surface area (Å²) in [6.45, 7) is 0. The number of rotatable bonds is 2. The first-order valence-corrected chi connectivity index (χ1v) is 7.24. The molecule has 0 aromatic heterocycles. The van der Waals surface area contributed by atoms with Gasteiger partial charge in [-0.1, -0.05) is 48.6 Å². The van der Waals surface area contributed by atoms with E-state index in [1.807, 2.05) is 54.7 Å². The highest BCUT2D eigenvalue weighted by Gasteiger charge is 2.09. The molecule has 4 nitrogen and oxygen atoms in total. The summed E-state index contributed by atoms with van der Waals surface area (Å²) in [5.74, 6) is 0. The van der Waals surface area contributed by atoms with E-state index in [-0.39, 0.29) is 11.1 Å². The topological polar surface area (TPSA) is 97.4 Å². The molecule has 0 heterocycles. The van der Waals surface area contributed by atoms with Gasteiger partial charge in [-0.15, -0.1) is 0 Å². The fourth-order valence-corrected chi connectivity index (χ4v) is 2.18. The lowest BCUT2D eigenvalue weighted by molar-refractivity contribution is 1.27. The third-order valence-electron chi connectivity index (χ3n) is 3.41. The second kappa shape index (κ2) is 7.99. The monoisotopic (exact) mass is 310 g/mol. The number of nitrogens with two attached hydrogens (primary N) is 1. The van der Waals surface area contributed by atoms with Crippen molar-refractivity contribution in [3.05, 3.63) is 94.3 Å². The van der Waals surface area contributed by atoms with E-state index < -0.39 is 0 Å². The van der Waals surface area contributed by atoms with Crippen LogP contribution in [0, 0.1) is 34.0 Å². The maximum Gasteiger partial charge on any atom is 0.148 e. The van der Waals surface area contributed by atoms with Gasteiger partial charge in [0.25, 0.3) is 0 Å². The zero-order valence-corrected chi connectivity index (χ0v) is 12.9. The van der Waals surface area contributed by atoms with Gasteiger partial charge in [0.1, 0.15) is 23.8 Å². The minimum Gasteiger partial charge on any atom is -0.399 e. The van der Waals surface area contributed by atoms with Crippen molar-refractivity contribution < 1.29 is 0 Å². The van der Waals surface area contributed by atoms with E-state index >= 15 is 0 Å². The number of nitriles is 3. The smallest absolute Gasteiger partial charge is 0.148 e. The van der Waals surface area contributed by atoms with E-state index in [4.69, 9.17) is 16.3 Å². The molecule has 114 valence electrons. The summed E-state index contributed by atoms with van der Waals surface area (Å²) in [6.07, 6.45) is 19.5. The van der Waals surface area contributed by atoms with Gasteiger partial charge in [-0.2, -0.15) is 15.8 Å². The summed E-state index contributed by atoms with van der Waals surface area (Å²) < 4.78 is 0. The van der Waals surface area contributed by atoms with Gasteiger partial charge in [0.05, 0.1) is 5.57 Å². The molecule has 4 heteroatoms. The Morgan fingerprint density at radius 3 is 2.42 bits per heavy atom. The highest BCUT2D eigenvalue weighted by molar-refractivity contribution is 5.60. The van der Waals surface area contributed by atoms with Crippen molar-refractivity contribution in [2.24, 2.45) is 5.73 Å². The van der Waals surface area contributed by atoms with E-state index in [0.29, 0.717) is 5.57 Å². The van der Waals surface area contributed by atoms with Crippen LogP contribution in [0.5, 0.6) is 0 Å². The molecular weight excluding hydrogens is 296 g/mol. The Kier molecular flexibility index (Phi) is 5.51. The maximum absolute atomic E-state index is 9.25. The van der Waals surface area contributed by atoms with Gasteiger partial charge in [0.2, 0.25) is 0 Å². The average molecular weight is 310 g/mol. The molecule has 2 rings (SSSR count). The Bertz CT molecular complexity index is 892. The van der Waals surface area contributed by atoms with Gasteiger partial charge >= 0.3 is 0 Å². The van der Waals surface area contributed by atoms with Gasteiger partial charge < -0.3 is 5.73 Å². The van der Waals surface area contributed by atoms with Crippen LogP contribution in [-0.4, -0.2) is 0 Å². The van der Waals surface area contributed by atoms with Crippen molar-refractivity contribution >= 4 is 0 Å². The third kappa shape index (κ3) is 4.10. The van der Waals surface area contributed by atoms with Gasteiger partial charge in [-0.3, -0.25) is 0 Å². The molecule has 0 fully saturated rings. The Morgan fingerprint density at radius 1 is 1.00 bits per heavy atom. The van der Waals surface area contributed by atoms with Gasteiger partial charge in [0.15, 0.2) is 0 Å². The number of allylic oxidation sites excluding steroid dienone is 15. The highest BCUT2D eigenvalue weighted by Crippen LogP contribution is 2.20. The predicted octanol–water partition coefficient (Wildman–Crippen LogP) is 3.56. The lowest BCUT2D eigenvalue weighted by Crippen LogP contribution is -1.91. The third-order valence-corrected chi connectivity index (χ3v) is 3.41. The minimum absolute atomic E-state index is 0.0786. The lowest BCUT2D eigenvalue weighted by atomic mass is 9.98. The van der Waals surface area contributed by atoms with E-state index in [1.165, 1.54) is 0 Å². The SMILES string of the molecule is N#CC(C#N)=C(C#N)C1=C/C=C\CC(=C/C=C2/C=CC(N)=C2)/C=C\1. The molecule has 0 radical (unpaired) electrons. The van der Waals surface area contributed by atoms with E-state index in [1.54, 1.807) is 24.3 Å². The van der Waals surface area contributed by atoms with E-state index in [0.717, 1.165) is 23.3 Å². The molecule has 0 saturated carbocycles. The van der Waals surface area contributed by atoms with Crippen molar-refractivity contribution in [3.8, 4) is 18.2 Å². The molecule has 0 atom stereocenters. The predicted molar refractivity (Wildman–Crippen MR) is 92.4 cm³/mol. The second-order valence-corrected chi connectivity index (χ2v) is 5.06. The summed E-state index contributed by atoms with van der Waals surface area (Å²) in [5.41, 5.74) is 8.89. The number of hydrogen-bond donors (Lipinski definition) is 1. The van der Waals surface area contributed by atoms with E-state index in [9.17, 15) is 5.26 Å². The first-order valence-electron chi connectivity index (χ1n) is 7.24. The Morgan fingerprint density at radius 2 is 1.79 bits per heavy atom. The zero-order chi connectivity index (χ0) is 17.4. The second-order valence-electron chi connectivity index (χ2n) is 5.06. The Labute approximate surface area is 141 Å². The lowest BCUT2D eigenvalue weighted by Gasteiger charge is -2.04. The molecule has 0 spiro atoms. The van der Waals surface area contributed by atoms with Crippen molar-refractivity contribution in [1.82, 2.24) is 0 Å². The molecule has 0 amide bonds. The van der Waals surface area contributed by atoms with Crippen LogP contribution in [0.25, 0.3) is 0 Å². The fraction of sp³-hybridized carbons (Fsp3) is 0.0500. The van der Waals surface area contributed by atoms with Crippen LogP contribution in [0.2, 0.25) is 0 Å². The van der Waals surface area contributed by atoms with Gasteiger partial charge in [0, 0.05) is 5.70 Å². The van der Waals surface area contributed by atoms with Crippen LogP contribution in [0.3, 0.4) is 0 Å². The van der Waals surface area contributed by atoms with Crippen LogP contribution in [0.15, 0.2) is 94.3 Å². The fourth-order valence-electron chi connectivity index (χ4n) is 2.18. The number of hydrogen-bond acceptors (Lipinski definition) is 4. The van der Waals surface area contributed by atoms with Crippen molar-refractivity contribution in [2.75, 3.05) is 0 Å². The molecule has 24 heavy (non-hydrogen) atoms. The normalized spacial score (nSPS) is 23.7. The van der Waals surface area contributed by atoms with Crippen LogP contribution in [0.4, 0.5) is 0 Å². The first kappa shape index (κ1) is 16.6. The average Bonchev–Trinajstić information content (AvgIpc) is 2.98. The van der Waals surface area contributed by atoms with Gasteiger partial charge in [-0.25, -0.2) is 0 Å². The molecule has 0 aromatic carbocycles. The zero-order valence-electron chi connectivity index (χ0n) is 12.9. The van der Waals surface area contributed by atoms with Crippen molar-refractivity contribution in [2.45, 2.75) is 6.42 Å².